The Balaban J connectivity index is 1.86. The molecule has 3 aromatic carbocycles. The Morgan fingerprint density at radius 3 is 1.36 bits per heavy atom. The second kappa shape index (κ2) is 6.63. The number of hydrogen-bond donors (Lipinski definition) is 0. The monoisotopic (exact) mass is 397 g/mol. The molecule has 0 aliphatic heterocycles. The standard InChI is InChI=1S/C19H12INO/c20-22-19-11-9-18(10-12-19)17-7-5-16(6-8-17)15-3-1-14(13-21)2-4-15/h1-12H. The van der Waals surface area contributed by atoms with Crippen molar-refractivity contribution < 1.29 is 3.07 Å². The molecule has 0 radical (unpaired) electrons. The maximum absolute atomic E-state index is 8.84. The Hall–Kier alpha value is -2.32. The number of rotatable bonds is 3. The van der Waals surface area contributed by atoms with Gasteiger partial charge in [-0.3, -0.25) is 0 Å². The molecule has 3 rings (SSSR count). The molecule has 0 unspecified atom stereocenters. The third-order valence-electron chi connectivity index (χ3n) is 3.51. The molecule has 0 bridgehead atoms. The van der Waals surface area contributed by atoms with Crippen LogP contribution in [0, 0.1) is 11.3 Å². The lowest BCUT2D eigenvalue weighted by molar-refractivity contribution is 0.717. The normalized spacial score (nSPS) is 10.0. The lowest BCUT2D eigenvalue weighted by atomic mass is 10.00. The fourth-order valence-corrected chi connectivity index (χ4v) is 2.58. The van der Waals surface area contributed by atoms with Gasteiger partial charge >= 0.3 is 0 Å². The molecule has 0 amide bonds. The molecule has 106 valence electrons. The van der Waals surface area contributed by atoms with Crippen LogP contribution in [0.3, 0.4) is 0 Å². The molecule has 0 N–H and O–H groups in total. The third-order valence-corrected chi connectivity index (χ3v) is 4.02. The van der Waals surface area contributed by atoms with Crippen LogP contribution in [0.25, 0.3) is 22.3 Å². The summed E-state index contributed by atoms with van der Waals surface area (Å²) in [7, 11) is 0. The highest BCUT2D eigenvalue weighted by Crippen LogP contribution is 2.26. The largest absolute Gasteiger partial charge is 0.428 e. The lowest BCUT2D eigenvalue weighted by Crippen LogP contribution is -1.82. The summed E-state index contributed by atoms with van der Waals surface area (Å²) in [6.07, 6.45) is 0. The van der Waals surface area contributed by atoms with E-state index in [1.807, 2.05) is 71.5 Å². The molecule has 0 heterocycles. The van der Waals surface area contributed by atoms with E-state index >= 15 is 0 Å². The van der Waals surface area contributed by atoms with Crippen molar-refractivity contribution in [2.24, 2.45) is 0 Å². The van der Waals surface area contributed by atoms with Gasteiger partial charge in [0.2, 0.25) is 0 Å². The van der Waals surface area contributed by atoms with Crippen LogP contribution in [0.15, 0.2) is 72.8 Å². The lowest BCUT2D eigenvalue weighted by Gasteiger charge is -2.06. The smallest absolute Gasteiger partial charge is 0.192 e. The quantitative estimate of drug-likeness (QED) is 0.538. The molecular formula is C19H12INO. The molecule has 0 spiro atoms. The Bertz CT molecular complexity index is 800. The highest BCUT2D eigenvalue weighted by atomic mass is 127. The zero-order chi connectivity index (χ0) is 15.4. The molecule has 0 aromatic heterocycles. The molecule has 0 aliphatic carbocycles. The van der Waals surface area contributed by atoms with Crippen LogP contribution in [-0.2, 0) is 0 Å². The van der Waals surface area contributed by atoms with E-state index in [0.29, 0.717) is 5.56 Å². The van der Waals surface area contributed by atoms with Gasteiger partial charge in [0, 0.05) is 0 Å². The van der Waals surface area contributed by atoms with E-state index in [2.05, 4.69) is 30.3 Å². The summed E-state index contributed by atoms with van der Waals surface area (Å²) < 4.78 is 5.15. The van der Waals surface area contributed by atoms with Crippen LogP contribution in [-0.4, -0.2) is 0 Å². The molecule has 3 heteroatoms. The Morgan fingerprint density at radius 2 is 1.00 bits per heavy atom. The van der Waals surface area contributed by atoms with E-state index in [9.17, 15) is 0 Å². The van der Waals surface area contributed by atoms with Crippen LogP contribution in [0.2, 0.25) is 0 Å². The van der Waals surface area contributed by atoms with E-state index in [-0.39, 0.29) is 0 Å². The summed E-state index contributed by atoms with van der Waals surface area (Å²) >= 11 is 1.88. The second-order valence-corrected chi connectivity index (χ2v) is 5.31. The first-order chi connectivity index (χ1) is 10.8. The third kappa shape index (κ3) is 3.12. The molecule has 0 saturated heterocycles. The summed E-state index contributed by atoms with van der Waals surface area (Å²) in [5.74, 6) is 0.846. The fourth-order valence-electron chi connectivity index (χ4n) is 2.29. The summed E-state index contributed by atoms with van der Waals surface area (Å²) in [5.41, 5.74) is 5.25. The van der Waals surface area contributed by atoms with Crippen molar-refractivity contribution >= 4 is 23.0 Å². The van der Waals surface area contributed by atoms with Crippen LogP contribution >= 0.6 is 23.0 Å². The van der Waals surface area contributed by atoms with E-state index in [1.165, 1.54) is 0 Å². The highest BCUT2D eigenvalue weighted by molar-refractivity contribution is 14.1. The van der Waals surface area contributed by atoms with Crippen molar-refractivity contribution in [1.82, 2.24) is 0 Å². The first-order valence-electron chi connectivity index (χ1n) is 6.80. The summed E-state index contributed by atoms with van der Waals surface area (Å²) in [6, 6.07) is 26.2. The van der Waals surface area contributed by atoms with Gasteiger partial charge in [-0.2, -0.15) is 5.26 Å². The molecular weight excluding hydrogens is 385 g/mol. The molecule has 0 aliphatic rings. The Kier molecular flexibility index (Phi) is 4.40. The summed E-state index contributed by atoms with van der Waals surface area (Å²) in [5, 5.41) is 8.84. The van der Waals surface area contributed by atoms with E-state index < -0.39 is 0 Å². The number of hydrogen-bond acceptors (Lipinski definition) is 2. The number of nitriles is 1. The minimum absolute atomic E-state index is 0.679. The van der Waals surface area contributed by atoms with Crippen LogP contribution < -0.4 is 3.07 Å². The SMILES string of the molecule is N#Cc1ccc(-c2ccc(-c3ccc(OI)cc3)cc2)cc1. The number of benzene rings is 3. The molecule has 0 saturated carbocycles. The van der Waals surface area contributed by atoms with Crippen LogP contribution in [0.5, 0.6) is 5.75 Å². The summed E-state index contributed by atoms with van der Waals surface area (Å²) in [6.45, 7) is 0. The van der Waals surface area contributed by atoms with Gasteiger partial charge in [-0.1, -0.05) is 48.5 Å². The molecule has 0 fully saturated rings. The maximum atomic E-state index is 8.84. The van der Waals surface area contributed by atoms with Crippen molar-refractivity contribution in [3.05, 3.63) is 78.4 Å². The van der Waals surface area contributed by atoms with E-state index in [1.54, 1.807) is 0 Å². The topological polar surface area (TPSA) is 33.0 Å². The zero-order valence-corrected chi connectivity index (χ0v) is 13.8. The van der Waals surface area contributed by atoms with Crippen LogP contribution in [0.1, 0.15) is 5.56 Å². The van der Waals surface area contributed by atoms with Crippen LogP contribution in [0.4, 0.5) is 0 Å². The van der Waals surface area contributed by atoms with Crippen molar-refractivity contribution in [3.63, 3.8) is 0 Å². The zero-order valence-electron chi connectivity index (χ0n) is 11.7. The second-order valence-electron chi connectivity index (χ2n) is 4.87. The van der Waals surface area contributed by atoms with Crippen molar-refractivity contribution in [2.75, 3.05) is 0 Å². The van der Waals surface area contributed by atoms with Gasteiger partial charge in [0.05, 0.1) is 11.6 Å². The first-order valence-corrected chi connectivity index (χ1v) is 7.68. The number of halogens is 1. The van der Waals surface area contributed by atoms with Gasteiger partial charge < -0.3 is 3.07 Å². The van der Waals surface area contributed by atoms with Gasteiger partial charge in [-0.25, -0.2) is 0 Å². The van der Waals surface area contributed by atoms with Crippen molar-refractivity contribution in [2.45, 2.75) is 0 Å². The minimum atomic E-state index is 0.679. The van der Waals surface area contributed by atoms with Gasteiger partial charge in [0.25, 0.3) is 0 Å². The van der Waals surface area contributed by atoms with Gasteiger partial charge in [0.15, 0.2) is 23.0 Å². The predicted molar refractivity (Wildman–Crippen MR) is 96.7 cm³/mol. The predicted octanol–water partition coefficient (Wildman–Crippen LogP) is 5.62. The maximum Gasteiger partial charge on any atom is 0.192 e. The number of nitrogens with zero attached hydrogens (tertiary/aromatic N) is 1. The first kappa shape index (κ1) is 14.6. The minimum Gasteiger partial charge on any atom is -0.428 e. The molecule has 0 atom stereocenters. The average Bonchev–Trinajstić information content (AvgIpc) is 2.62. The highest BCUT2D eigenvalue weighted by Gasteiger charge is 2.01. The fraction of sp³-hybridized carbons (Fsp3) is 0. The van der Waals surface area contributed by atoms with Crippen molar-refractivity contribution in [3.8, 4) is 34.1 Å². The molecule has 3 aromatic rings. The molecule has 2 nitrogen and oxygen atoms in total. The Morgan fingerprint density at radius 1 is 0.636 bits per heavy atom. The van der Waals surface area contributed by atoms with Gasteiger partial charge in [-0.15, -0.1) is 0 Å². The Labute approximate surface area is 143 Å². The summed E-state index contributed by atoms with van der Waals surface area (Å²) in [4.78, 5) is 0. The van der Waals surface area contributed by atoms with Gasteiger partial charge in [-0.05, 0) is 46.5 Å². The molecule has 22 heavy (non-hydrogen) atoms. The van der Waals surface area contributed by atoms with Crippen molar-refractivity contribution in [1.29, 1.82) is 5.26 Å². The average molecular weight is 397 g/mol. The van der Waals surface area contributed by atoms with Gasteiger partial charge in [0.1, 0.15) is 5.75 Å². The van der Waals surface area contributed by atoms with E-state index in [0.717, 1.165) is 28.0 Å². The van der Waals surface area contributed by atoms with E-state index in [4.69, 9.17) is 8.33 Å².